The molecule has 1 fully saturated rings. The van der Waals surface area contributed by atoms with Crippen LogP contribution in [0.2, 0.25) is 0 Å². The molecule has 31 heavy (non-hydrogen) atoms. The third-order valence-corrected chi connectivity index (χ3v) is 5.27. The van der Waals surface area contributed by atoms with Crippen molar-refractivity contribution in [3.8, 4) is 23.0 Å². The molecule has 2 atom stereocenters. The molecule has 1 aliphatic heterocycles. The number of rotatable bonds is 12. The predicted molar refractivity (Wildman–Crippen MR) is 118 cm³/mol. The second-order valence-corrected chi connectivity index (χ2v) is 7.64. The van der Waals surface area contributed by atoms with E-state index in [1.54, 1.807) is 21.3 Å². The third-order valence-electron chi connectivity index (χ3n) is 5.27. The minimum absolute atomic E-state index is 0.171. The Hall–Kier alpha value is -2.48. The summed E-state index contributed by atoms with van der Waals surface area (Å²) in [5, 5.41) is 10.6. The number of aliphatic hydroxyl groups excluding tert-OH is 1. The first-order valence-electron chi connectivity index (χ1n) is 10.6. The molecule has 7 heteroatoms. The Morgan fingerprint density at radius 1 is 1.06 bits per heavy atom. The highest BCUT2D eigenvalue weighted by atomic mass is 16.5. The first-order chi connectivity index (χ1) is 15.1. The molecule has 1 saturated heterocycles. The van der Waals surface area contributed by atoms with Crippen molar-refractivity contribution in [3.63, 3.8) is 0 Å². The van der Waals surface area contributed by atoms with E-state index in [-0.39, 0.29) is 12.7 Å². The Bertz CT molecular complexity index is 769. The van der Waals surface area contributed by atoms with Gasteiger partial charge in [0.05, 0.1) is 27.4 Å². The van der Waals surface area contributed by atoms with Crippen LogP contribution >= 0.6 is 0 Å². The van der Waals surface area contributed by atoms with Gasteiger partial charge < -0.3 is 28.8 Å². The molecule has 1 heterocycles. The van der Waals surface area contributed by atoms with Gasteiger partial charge >= 0.3 is 0 Å². The molecular weight excluding hydrogens is 398 g/mol. The van der Waals surface area contributed by atoms with Crippen molar-refractivity contribution in [2.24, 2.45) is 0 Å². The van der Waals surface area contributed by atoms with Gasteiger partial charge in [-0.2, -0.15) is 0 Å². The quantitative estimate of drug-likeness (QED) is 0.554. The molecule has 0 aliphatic carbocycles. The molecule has 0 spiro atoms. The Morgan fingerprint density at radius 2 is 1.77 bits per heavy atom. The number of nitrogens with zero attached hydrogens (tertiary/aromatic N) is 1. The summed E-state index contributed by atoms with van der Waals surface area (Å²) in [7, 11) is 4.80. The van der Waals surface area contributed by atoms with E-state index < -0.39 is 6.10 Å². The highest BCUT2D eigenvalue weighted by Gasteiger charge is 2.23. The fraction of sp³-hybridized carbons (Fsp3) is 0.500. The maximum absolute atomic E-state index is 10.6. The SMILES string of the molecule is COc1cc(CN(CC(O)COc2ccccc2)CC2CCCO2)cc(OC)c1OC. The molecule has 7 nitrogen and oxygen atoms in total. The van der Waals surface area contributed by atoms with Gasteiger partial charge in [0.2, 0.25) is 5.75 Å². The number of para-hydroxylation sites is 1. The Morgan fingerprint density at radius 3 is 2.35 bits per heavy atom. The van der Waals surface area contributed by atoms with Crippen LogP contribution in [-0.2, 0) is 11.3 Å². The van der Waals surface area contributed by atoms with Gasteiger partial charge in [-0.15, -0.1) is 0 Å². The second kappa shape index (κ2) is 11.8. The van der Waals surface area contributed by atoms with E-state index in [0.29, 0.717) is 30.3 Å². The Kier molecular flexibility index (Phi) is 8.82. The van der Waals surface area contributed by atoms with Crippen LogP contribution in [0.1, 0.15) is 18.4 Å². The number of hydrogen-bond acceptors (Lipinski definition) is 7. The topological polar surface area (TPSA) is 69.6 Å². The van der Waals surface area contributed by atoms with E-state index in [4.69, 9.17) is 23.7 Å². The second-order valence-electron chi connectivity index (χ2n) is 7.64. The maximum Gasteiger partial charge on any atom is 0.203 e. The lowest BCUT2D eigenvalue weighted by Gasteiger charge is -2.28. The molecule has 2 unspecified atom stereocenters. The van der Waals surface area contributed by atoms with Gasteiger partial charge in [-0.3, -0.25) is 4.90 Å². The fourth-order valence-corrected chi connectivity index (χ4v) is 3.82. The van der Waals surface area contributed by atoms with Crippen molar-refractivity contribution in [3.05, 3.63) is 48.0 Å². The monoisotopic (exact) mass is 431 g/mol. The van der Waals surface area contributed by atoms with E-state index in [2.05, 4.69) is 4.90 Å². The molecule has 0 amide bonds. The molecule has 170 valence electrons. The van der Waals surface area contributed by atoms with Crippen molar-refractivity contribution < 1.29 is 28.8 Å². The lowest BCUT2D eigenvalue weighted by molar-refractivity contribution is 0.0313. The van der Waals surface area contributed by atoms with Crippen LogP contribution < -0.4 is 18.9 Å². The van der Waals surface area contributed by atoms with Gasteiger partial charge in [-0.05, 0) is 42.7 Å². The van der Waals surface area contributed by atoms with Crippen LogP contribution in [0.15, 0.2) is 42.5 Å². The molecule has 1 N–H and O–H groups in total. The third kappa shape index (κ3) is 6.75. The van der Waals surface area contributed by atoms with Gasteiger partial charge in [0.25, 0.3) is 0 Å². The number of hydrogen-bond donors (Lipinski definition) is 1. The average Bonchev–Trinajstić information content (AvgIpc) is 3.30. The summed E-state index contributed by atoms with van der Waals surface area (Å²) in [6.07, 6.45) is 1.64. The van der Waals surface area contributed by atoms with E-state index in [1.807, 2.05) is 42.5 Å². The van der Waals surface area contributed by atoms with Crippen molar-refractivity contribution in [1.29, 1.82) is 0 Å². The van der Waals surface area contributed by atoms with Gasteiger partial charge in [0.1, 0.15) is 18.5 Å². The number of methoxy groups -OCH3 is 3. The number of aliphatic hydroxyl groups is 1. The summed E-state index contributed by atoms with van der Waals surface area (Å²) in [5.41, 5.74) is 1.00. The van der Waals surface area contributed by atoms with Crippen LogP contribution in [0.4, 0.5) is 0 Å². The summed E-state index contributed by atoms with van der Waals surface area (Å²) < 4.78 is 28.0. The van der Waals surface area contributed by atoms with E-state index >= 15 is 0 Å². The van der Waals surface area contributed by atoms with Gasteiger partial charge in [-0.25, -0.2) is 0 Å². The molecule has 0 bridgehead atoms. The fourth-order valence-electron chi connectivity index (χ4n) is 3.82. The zero-order valence-electron chi connectivity index (χ0n) is 18.6. The van der Waals surface area contributed by atoms with Crippen LogP contribution in [-0.4, -0.2) is 69.8 Å². The number of benzene rings is 2. The minimum atomic E-state index is -0.636. The summed E-state index contributed by atoms with van der Waals surface area (Å²) in [6, 6.07) is 13.4. The molecule has 0 aromatic heterocycles. The molecule has 3 rings (SSSR count). The highest BCUT2D eigenvalue weighted by molar-refractivity contribution is 5.53. The maximum atomic E-state index is 10.6. The lowest BCUT2D eigenvalue weighted by atomic mass is 10.1. The van der Waals surface area contributed by atoms with Gasteiger partial charge in [-0.1, -0.05) is 18.2 Å². The Balaban J connectivity index is 1.69. The Labute approximate surface area is 184 Å². The first-order valence-corrected chi connectivity index (χ1v) is 10.6. The molecular formula is C24H33NO6. The summed E-state index contributed by atoms with van der Waals surface area (Å²) in [6.45, 7) is 2.82. The van der Waals surface area contributed by atoms with Crippen molar-refractivity contribution in [2.45, 2.75) is 31.6 Å². The first kappa shape index (κ1) is 23.2. The van der Waals surface area contributed by atoms with Crippen LogP contribution in [0.3, 0.4) is 0 Å². The van der Waals surface area contributed by atoms with Crippen molar-refractivity contribution >= 4 is 0 Å². The molecule has 1 aliphatic rings. The van der Waals surface area contributed by atoms with Crippen molar-refractivity contribution in [1.82, 2.24) is 4.90 Å². The summed E-state index contributed by atoms with van der Waals surface area (Å²) in [4.78, 5) is 2.19. The van der Waals surface area contributed by atoms with Gasteiger partial charge in [0, 0.05) is 26.2 Å². The zero-order valence-corrected chi connectivity index (χ0v) is 18.6. The highest BCUT2D eigenvalue weighted by Crippen LogP contribution is 2.38. The number of ether oxygens (including phenoxy) is 5. The van der Waals surface area contributed by atoms with Crippen LogP contribution in [0, 0.1) is 0 Å². The largest absolute Gasteiger partial charge is 0.493 e. The molecule has 2 aromatic carbocycles. The minimum Gasteiger partial charge on any atom is -0.493 e. The van der Waals surface area contributed by atoms with Gasteiger partial charge in [0.15, 0.2) is 11.5 Å². The van der Waals surface area contributed by atoms with Crippen molar-refractivity contribution in [2.75, 3.05) is 47.6 Å². The van der Waals surface area contributed by atoms with Crippen LogP contribution in [0.25, 0.3) is 0 Å². The smallest absolute Gasteiger partial charge is 0.203 e. The normalized spacial score (nSPS) is 16.9. The zero-order chi connectivity index (χ0) is 22.1. The molecule has 0 saturated carbocycles. The van der Waals surface area contributed by atoms with Crippen LogP contribution in [0.5, 0.6) is 23.0 Å². The molecule has 2 aromatic rings. The lowest BCUT2D eigenvalue weighted by Crippen LogP contribution is -2.39. The molecule has 0 radical (unpaired) electrons. The summed E-state index contributed by atoms with van der Waals surface area (Å²) in [5.74, 6) is 2.54. The average molecular weight is 432 g/mol. The van der Waals surface area contributed by atoms with E-state index in [1.165, 1.54) is 0 Å². The standard InChI is InChI=1S/C24H33NO6/c1-27-22-12-18(13-23(28-2)24(22)29-3)14-25(16-21-10-7-11-30-21)15-19(26)17-31-20-8-5-4-6-9-20/h4-6,8-9,12-13,19,21,26H,7,10-11,14-17H2,1-3H3. The summed E-state index contributed by atoms with van der Waals surface area (Å²) >= 11 is 0. The van der Waals surface area contributed by atoms with E-state index in [9.17, 15) is 5.11 Å². The predicted octanol–water partition coefficient (Wildman–Crippen LogP) is 3.13. The van der Waals surface area contributed by atoms with E-state index in [0.717, 1.165) is 37.3 Å².